The molecule has 3 rings (SSSR count). The van der Waals surface area contributed by atoms with Crippen molar-refractivity contribution in [3.8, 4) is 17.0 Å². The molecule has 1 aromatic carbocycles. The van der Waals surface area contributed by atoms with Crippen LogP contribution in [0.25, 0.3) is 11.3 Å². The van der Waals surface area contributed by atoms with E-state index in [1.807, 2.05) is 0 Å². The second-order valence-corrected chi connectivity index (χ2v) is 5.70. The number of phenols is 1. The number of halogens is 2. The molecule has 0 bridgehead atoms. The first kappa shape index (κ1) is 17.5. The Morgan fingerprint density at radius 1 is 1.15 bits per heavy atom. The lowest BCUT2D eigenvalue weighted by molar-refractivity contribution is 0.112. The van der Waals surface area contributed by atoms with Gasteiger partial charge in [0, 0.05) is 42.5 Å². The topological polar surface area (TPSA) is 66.3 Å². The van der Waals surface area contributed by atoms with Crippen molar-refractivity contribution in [3.05, 3.63) is 71.7 Å². The van der Waals surface area contributed by atoms with Gasteiger partial charge in [0.05, 0.1) is 17.6 Å². The maximum atomic E-state index is 13.3. The van der Waals surface area contributed by atoms with Crippen molar-refractivity contribution in [1.82, 2.24) is 9.97 Å². The summed E-state index contributed by atoms with van der Waals surface area (Å²) >= 11 is 0. The molecule has 0 aliphatic rings. The molecule has 0 fully saturated rings. The Bertz CT molecular complexity index is 946. The molecule has 26 heavy (non-hydrogen) atoms. The molecule has 3 aromatic rings. The van der Waals surface area contributed by atoms with Gasteiger partial charge in [0.2, 0.25) is 5.95 Å². The number of aromatic nitrogens is 2. The molecule has 2 aromatic heterocycles. The number of hydrogen-bond donors (Lipinski definition) is 1. The van der Waals surface area contributed by atoms with Gasteiger partial charge in [0.1, 0.15) is 11.6 Å². The molecule has 0 unspecified atom stereocenters. The van der Waals surface area contributed by atoms with Crippen molar-refractivity contribution >= 4 is 12.0 Å². The lowest BCUT2D eigenvalue weighted by atomic mass is 10.00. The van der Waals surface area contributed by atoms with E-state index in [-0.39, 0.29) is 12.3 Å². The summed E-state index contributed by atoms with van der Waals surface area (Å²) in [6.07, 6.45) is 3.52. The lowest BCUT2D eigenvalue weighted by Gasteiger charge is -2.21. The van der Waals surface area contributed by atoms with Crippen molar-refractivity contribution in [2.75, 3.05) is 11.9 Å². The summed E-state index contributed by atoms with van der Waals surface area (Å²) < 4.78 is 26.3. The zero-order chi connectivity index (χ0) is 18.7. The van der Waals surface area contributed by atoms with Gasteiger partial charge in [-0.3, -0.25) is 9.78 Å². The molecule has 0 saturated carbocycles. The number of nitrogens with zero attached hydrogens (tertiary/aromatic N) is 3. The molecule has 0 saturated heterocycles. The van der Waals surface area contributed by atoms with Crippen molar-refractivity contribution in [2.45, 2.75) is 6.54 Å². The van der Waals surface area contributed by atoms with E-state index in [9.17, 15) is 18.7 Å². The maximum absolute atomic E-state index is 13.3. The number of aldehydes is 1. The second-order valence-electron chi connectivity index (χ2n) is 5.70. The summed E-state index contributed by atoms with van der Waals surface area (Å²) in [6.45, 7) is 0.251. The first-order valence-electron chi connectivity index (χ1n) is 7.74. The molecule has 1 N–H and O–H groups in total. The summed E-state index contributed by atoms with van der Waals surface area (Å²) in [6, 6.07) is 7.97. The van der Waals surface area contributed by atoms with Crippen LogP contribution in [0.5, 0.6) is 5.75 Å². The summed E-state index contributed by atoms with van der Waals surface area (Å²) in [5, 5.41) is 10.1. The van der Waals surface area contributed by atoms with Crippen LogP contribution in [0.3, 0.4) is 0 Å². The molecule has 0 aliphatic heterocycles. The molecule has 5 nitrogen and oxygen atoms in total. The van der Waals surface area contributed by atoms with Gasteiger partial charge in [-0.2, -0.15) is 4.39 Å². The number of carbonyl (C=O) groups excluding carboxylic acids is 1. The van der Waals surface area contributed by atoms with Gasteiger partial charge in [-0.05, 0) is 30.3 Å². The van der Waals surface area contributed by atoms with Crippen LogP contribution < -0.4 is 4.90 Å². The normalized spacial score (nSPS) is 10.6. The summed E-state index contributed by atoms with van der Waals surface area (Å²) in [7, 11) is 1.75. The molecule has 132 valence electrons. The first-order valence-corrected chi connectivity index (χ1v) is 7.74. The number of pyridine rings is 2. The largest absolute Gasteiger partial charge is 0.507 e. The van der Waals surface area contributed by atoms with Crippen LogP contribution in [0, 0.1) is 11.8 Å². The monoisotopic (exact) mass is 355 g/mol. The Balaban J connectivity index is 2.05. The third-order valence-corrected chi connectivity index (χ3v) is 3.98. The van der Waals surface area contributed by atoms with Gasteiger partial charge in [-0.15, -0.1) is 0 Å². The Kier molecular flexibility index (Phi) is 4.88. The van der Waals surface area contributed by atoms with Crippen molar-refractivity contribution < 1.29 is 18.7 Å². The highest BCUT2D eigenvalue weighted by molar-refractivity contribution is 5.83. The smallest absolute Gasteiger partial charge is 0.212 e. The van der Waals surface area contributed by atoms with E-state index < -0.39 is 11.8 Å². The van der Waals surface area contributed by atoms with Gasteiger partial charge in [-0.25, -0.2) is 9.37 Å². The fourth-order valence-electron chi connectivity index (χ4n) is 2.64. The van der Waals surface area contributed by atoms with Crippen LogP contribution in [0.15, 0.2) is 48.8 Å². The molecule has 0 radical (unpaired) electrons. The molecule has 0 spiro atoms. The van der Waals surface area contributed by atoms with Gasteiger partial charge in [0.25, 0.3) is 0 Å². The molecular formula is C19H15F2N3O2. The SMILES string of the molecule is CN(Cc1c(C=O)ccnc1-c1ccc(F)cc1O)c1ccc(F)nc1. The van der Waals surface area contributed by atoms with Crippen LogP contribution in [0.4, 0.5) is 14.5 Å². The van der Waals surface area contributed by atoms with E-state index in [2.05, 4.69) is 9.97 Å². The lowest BCUT2D eigenvalue weighted by Crippen LogP contribution is -2.19. The fraction of sp³-hybridized carbons (Fsp3) is 0.105. The van der Waals surface area contributed by atoms with Crippen LogP contribution in [0.1, 0.15) is 15.9 Å². The number of carbonyl (C=O) groups is 1. The number of anilines is 1. The van der Waals surface area contributed by atoms with E-state index in [0.717, 1.165) is 6.07 Å². The quantitative estimate of drug-likeness (QED) is 0.560. The Labute approximate surface area is 148 Å². The van der Waals surface area contributed by atoms with Gasteiger partial charge >= 0.3 is 0 Å². The highest BCUT2D eigenvalue weighted by Crippen LogP contribution is 2.32. The minimum Gasteiger partial charge on any atom is -0.507 e. The number of rotatable bonds is 5. The van der Waals surface area contributed by atoms with Crippen LogP contribution in [-0.4, -0.2) is 28.4 Å². The molecule has 0 amide bonds. The third-order valence-electron chi connectivity index (χ3n) is 3.98. The predicted molar refractivity (Wildman–Crippen MR) is 93.0 cm³/mol. The molecule has 0 atom stereocenters. The van der Waals surface area contributed by atoms with Crippen molar-refractivity contribution in [1.29, 1.82) is 0 Å². The zero-order valence-electron chi connectivity index (χ0n) is 13.9. The standard InChI is InChI=1S/C19H15F2N3O2/c1-24(14-3-5-18(21)23-9-14)10-16-12(11-25)6-7-22-19(16)15-4-2-13(20)8-17(15)26/h2-9,11,26H,10H2,1H3. The van der Waals surface area contributed by atoms with E-state index in [0.29, 0.717) is 34.4 Å². The van der Waals surface area contributed by atoms with Gasteiger partial charge in [0.15, 0.2) is 6.29 Å². The van der Waals surface area contributed by atoms with Crippen molar-refractivity contribution in [2.24, 2.45) is 0 Å². The predicted octanol–water partition coefficient (Wildman–Crippen LogP) is 3.58. The highest BCUT2D eigenvalue weighted by Gasteiger charge is 2.17. The molecule has 2 heterocycles. The van der Waals surface area contributed by atoms with E-state index in [1.165, 1.54) is 30.6 Å². The van der Waals surface area contributed by atoms with E-state index >= 15 is 0 Å². The van der Waals surface area contributed by atoms with Crippen LogP contribution >= 0.6 is 0 Å². The van der Waals surface area contributed by atoms with Gasteiger partial charge in [-0.1, -0.05) is 0 Å². The summed E-state index contributed by atoms with van der Waals surface area (Å²) in [5.41, 5.74) is 2.27. The van der Waals surface area contributed by atoms with Gasteiger partial charge < -0.3 is 10.0 Å². The Hall–Kier alpha value is -3.35. The maximum Gasteiger partial charge on any atom is 0.212 e. The number of benzene rings is 1. The summed E-state index contributed by atoms with van der Waals surface area (Å²) in [4.78, 5) is 21.1. The van der Waals surface area contributed by atoms with E-state index in [4.69, 9.17) is 0 Å². The van der Waals surface area contributed by atoms with Crippen LogP contribution in [-0.2, 0) is 6.54 Å². The molecular weight excluding hydrogens is 340 g/mol. The zero-order valence-corrected chi connectivity index (χ0v) is 13.9. The summed E-state index contributed by atoms with van der Waals surface area (Å²) in [5.74, 6) is -1.43. The first-order chi connectivity index (χ1) is 12.5. The van der Waals surface area contributed by atoms with E-state index in [1.54, 1.807) is 24.1 Å². The Morgan fingerprint density at radius 3 is 2.62 bits per heavy atom. The highest BCUT2D eigenvalue weighted by atomic mass is 19.1. The minimum atomic E-state index is -0.589. The van der Waals surface area contributed by atoms with Crippen LogP contribution in [0.2, 0.25) is 0 Å². The second kappa shape index (κ2) is 7.26. The number of hydrogen-bond acceptors (Lipinski definition) is 5. The van der Waals surface area contributed by atoms with Crippen molar-refractivity contribution in [3.63, 3.8) is 0 Å². The number of phenolic OH excluding ortho intramolecular Hbond substituents is 1. The average Bonchev–Trinajstić information content (AvgIpc) is 2.63. The number of aromatic hydroxyl groups is 1. The molecule has 7 heteroatoms. The third kappa shape index (κ3) is 3.51. The minimum absolute atomic E-state index is 0.251. The molecule has 0 aliphatic carbocycles. The fourth-order valence-corrected chi connectivity index (χ4v) is 2.64. The Morgan fingerprint density at radius 2 is 1.96 bits per heavy atom. The average molecular weight is 355 g/mol.